The Hall–Kier alpha value is -1.23. The molecule has 2 aromatic rings. The third kappa shape index (κ3) is 3.08. The lowest BCUT2D eigenvalue weighted by molar-refractivity contribution is 0.246. The van der Waals surface area contributed by atoms with Gasteiger partial charge in [-0.25, -0.2) is 4.39 Å². The lowest BCUT2D eigenvalue weighted by atomic mass is 10.0. The Kier molecular flexibility index (Phi) is 4.15. The van der Waals surface area contributed by atoms with E-state index in [9.17, 15) is 4.39 Å². The van der Waals surface area contributed by atoms with Crippen LogP contribution >= 0.6 is 11.3 Å². The molecule has 1 aromatic carbocycles. The molecule has 1 atom stereocenters. The van der Waals surface area contributed by atoms with Gasteiger partial charge in [-0.05, 0) is 47.5 Å². The standard InChI is InChI=1S/C16H19FN2S/c17-14-3-1-2-12(10-14)15(18)4-7-19-8-5-16-13(11-19)6-9-20-16/h1-3,6,9-10,15H,4-5,7-8,11,18H2. The van der Waals surface area contributed by atoms with E-state index in [2.05, 4.69) is 16.3 Å². The first-order chi connectivity index (χ1) is 9.72. The quantitative estimate of drug-likeness (QED) is 0.936. The summed E-state index contributed by atoms with van der Waals surface area (Å²) in [5.41, 5.74) is 8.51. The smallest absolute Gasteiger partial charge is 0.123 e. The molecule has 0 saturated carbocycles. The van der Waals surface area contributed by atoms with E-state index >= 15 is 0 Å². The summed E-state index contributed by atoms with van der Waals surface area (Å²) in [6, 6.07) is 8.76. The van der Waals surface area contributed by atoms with Gasteiger partial charge in [0.25, 0.3) is 0 Å². The van der Waals surface area contributed by atoms with E-state index in [1.165, 1.54) is 22.6 Å². The first-order valence-corrected chi connectivity index (χ1v) is 7.89. The zero-order valence-electron chi connectivity index (χ0n) is 11.4. The number of benzene rings is 1. The van der Waals surface area contributed by atoms with Crippen LogP contribution in [0.2, 0.25) is 0 Å². The lowest BCUT2D eigenvalue weighted by Gasteiger charge is -2.27. The molecule has 0 aliphatic carbocycles. The van der Waals surface area contributed by atoms with E-state index in [4.69, 9.17) is 5.73 Å². The summed E-state index contributed by atoms with van der Waals surface area (Å²) >= 11 is 1.86. The van der Waals surface area contributed by atoms with Crippen molar-refractivity contribution < 1.29 is 4.39 Å². The van der Waals surface area contributed by atoms with Crippen LogP contribution in [0.1, 0.15) is 28.5 Å². The zero-order valence-corrected chi connectivity index (χ0v) is 12.2. The maximum atomic E-state index is 13.2. The second-order valence-corrected chi connectivity index (χ2v) is 6.35. The normalized spacial score (nSPS) is 16.9. The van der Waals surface area contributed by atoms with Crippen molar-refractivity contribution in [1.29, 1.82) is 0 Å². The molecule has 0 bridgehead atoms. The summed E-state index contributed by atoms with van der Waals surface area (Å²) < 4.78 is 13.2. The summed E-state index contributed by atoms with van der Waals surface area (Å²) in [7, 11) is 0. The molecule has 0 radical (unpaired) electrons. The van der Waals surface area contributed by atoms with Crippen LogP contribution in [0, 0.1) is 5.82 Å². The molecular weight excluding hydrogens is 271 g/mol. The van der Waals surface area contributed by atoms with Gasteiger partial charge < -0.3 is 5.73 Å². The van der Waals surface area contributed by atoms with Crippen molar-refractivity contribution >= 4 is 11.3 Å². The summed E-state index contributed by atoms with van der Waals surface area (Å²) in [5.74, 6) is -0.209. The molecule has 2 nitrogen and oxygen atoms in total. The summed E-state index contributed by atoms with van der Waals surface area (Å²) in [6.45, 7) is 3.09. The highest BCUT2D eigenvalue weighted by Gasteiger charge is 2.17. The Bertz CT molecular complexity index is 581. The van der Waals surface area contributed by atoms with Crippen LogP contribution in [0.5, 0.6) is 0 Å². The van der Waals surface area contributed by atoms with Gasteiger partial charge in [0.1, 0.15) is 5.82 Å². The first kappa shape index (κ1) is 13.7. The van der Waals surface area contributed by atoms with Gasteiger partial charge in [0, 0.05) is 30.6 Å². The van der Waals surface area contributed by atoms with Crippen LogP contribution in [0.25, 0.3) is 0 Å². The van der Waals surface area contributed by atoms with Crippen LogP contribution in [-0.4, -0.2) is 18.0 Å². The molecule has 2 N–H and O–H groups in total. The Morgan fingerprint density at radius 3 is 3.10 bits per heavy atom. The highest BCUT2D eigenvalue weighted by Crippen LogP contribution is 2.25. The predicted octanol–water partition coefficient (Wildman–Crippen LogP) is 3.34. The van der Waals surface area contributed by atoms with Crippen LogP contribution < -0.4 is 5.73 Å². The fourth-order valence-corrected chi connectivity index (χ4v) is 3.61. The van der Waals surface area contributed by atoms with Gasteiger partial charge in [0.2, 0.25) is 0 Å². The van der Waals surface area contributed by atoms with Gasteiger partial charge in [-0.15, -0.1) is 11.3 Å². The van der Waals surface area contributed by atoms with Crippen molar-refractivity contribution in [2.45, 2.75) is 25.4 Å². The number of nitrogens with zero attached hydrogens (tertiary/aromatic N) is 1. The number of nitrogens with two attached hydrogens (primary N) is 1. The summed E-state index contributed by atoms with van der Waals surface area (Å²) in [6.07, 6.45) is 2.01. The fraction of sp³-hybridized carbons (Fsp3) is 0.375. The molecule has 0 spiro atoms. The predicted molar refractivity (Wildman–Crippen MR) is 81.2 cm³/mol. The number of hydrogen-bond donors (Lipinski definition) is 1. The molecule has 1 aromatic heterocycles. The van der Waals surface area contributed by atoms with Gasteiger partial charge in [0.15, 0.2) is 0 Å². The average Bonchev–Trinajstić information content (AvgIpc) is 2.92. The monoisotopic (exact) mass is 290 g/mol. The zero-order chi connectivity index (χ0) is 13.9. The number of fused-ring (bicyclic) bond motifs is 1. The highest BCUT2D eigenvalue weighted by atomic mass is 32.1. The van der Waals surface area contributed by atoms with Crippen molar-refractivity contribution in [3.63, 3.8) is 0 Å². The molecule has 2 heterocycles. The van der Waals surface area contributed by atoms with Crippen LogP contribution in [-0.2, 0) is 13.0 Å². The molecule has 1 aliphatic rings. The lowest BCUT2D eigenvalue weighted by Crippen LogP contribution is -2.32. The topological polar surface area (TPSA) is 29.3 Å². The minimum atomic E-state index is -0.209. The third-order valence-electron chi connectivity index (χ3n) is 3.92. The molecule has 1 unspecified atom stereocenters. The van der Waals surface area contributed by atoms with Gasteiger partial charge >= 0.3 is 0 Å². The second kappa shape index (κ2) is 6.04. The summed E-state index contributed by atoms with van der Waals surface area (Å²) in [5, 5.41) is 2.17. The number of thiophene rings is 1. The summed E-state index contributed by atoms with van der Waals surface area (Å²) in [4.78, 5) is 3.96. The molecule has 0 saturated heterocycles. The second-order valence-electron chi connectivity index (χ2n) is 5.35. The Labute approximate surface area is 123 Å². The van der Waals surface area contributed by atoms with Gasteiger partial charge in [-0.2, -0.15) is 0 Å². The minimum absolute atomic E-state index is 0.0884. The van der Waals surface area contributed by atoms with Crippen molar-refractivity contribution in [3.8, 4) is 0 Å². The van der Waals surface area contributed by atoms with Crippen molar-refractivity contribution in [2.24, 2.45) is 5.73 Å². The first-order valence-electron chi connectivity index (χ1n) is 7.01. The number of rotatable bonds is 4. The van der Waals surface area contributed by atoms with E-state index < -0.39 is 0 Å². The molecule has 106 valence electrons. The van der Waals surface area contributed by atoms with E-state index in [1.54, 1.807) is 6.07 Å². The Morgan fingerprint density at radius 1 is 1.35 bits per heavy atom. The molecule has 20 heavy (non-hydrogen) atoms. The van der Waals surface area contributed by atoms with E-state index in [0.717, 1.165) is 38.0 Å². The molecule has 0 amide bonds. The van der Waals surface area contributed by atoms with Crippen LogP contribution in [0.15, 0.2) is 35.7 Å². The van der Waals surface area contributed by atoms with Gasteiger partial charge in [-0.3, -0.25) is 4.90 Å². The van der Waals surface area contributed by atoms with Crippen LogP contribution in [0.4, 0.5) is 4.39 Å². The van der Waals surface area contributed by atoms with E-state index in [-0.39, 0.29) is 11.9 Å². The minimum Gasteiger partial charge on any atom is -0.324 e. The van der Waals surface area contributed by atoms with Crippen LogP contribution in [0.3, 0.4) is 0 Å². The van der Waals surface area contributed by atoms with E-state index in [0.29, 0.717) is 0 Å². The Balaban J connectivity index is 1.55. The van der Waals surface area contributed by atoms with E-state index in [1.807, 2.05) is 17.4 Å². The van der Waals surface area contributed by atoms with Crippen molar-refractivity contribution in [1.82, 2.24) is 4.90 Å². The maximum Gasteiger partial charge on any atom is 0.123 e. The SMILES string of the molecule is NC(CCN1CCc2sccc2C1)c1cccc(F)c1. The van der Waals surface area contributed by atoms with Gasteiger partial charge in [-0.1, -0.05) is 12.1 Å². The molecular formula is C16H19FN2S. The van der Waals surface area contributed by atoms with Gasteiger partial charge in [0.05, 0.1) is 0 Å². The Morgan fingerprint density at radius 2 is 2.25 bits per heavy atom. The third-order valence-corrected chi connectivity index (χ3v) is 4.94. The fourth-order valence-electron chi connectivity index (χ4n) is 2.72. The highest BCUT2D eigenvalue weighted by molar-refractivity contribution is 7.10. The van der Waals surface area contributed by atoms with Crippen molar-refractivity contribution in [2.75, 3.05) is 13.1 Å². The number of hydrogen-bond acceptors (Lipinski definition) is 3. The molecule has 3 rings (SSSR count). The molecule has 0 fully saturated rings. The molecule has 1 aliphatic heterocycles. The van der Waals surface area contributed by atoms with Crippen molar-refractivity contribution in [3.05, 3.63) is 57.5 Å². The maximum absolute atomic E-state index is 13.2. The average molecular weight is 290 g/mol. The number of halogens is 1. The largest absolute Gasteiger partial charge is 0.324 e. The molecule has 4 heteroatoms.